The Labute approximate surface area is 309 Å². The molecule has 18 heteroatoms. The van der Waals surface area contributed by atoms with Gasteiger partial charge in [-0.25, -0.2) is 15.0 Å². The van der Waals surface area contributed by atoms with E-state index in [2.05, 4.69) is 39.6 Å². The van der Waals surface area contributed by atoms with Gasteiger partial charge in [-0.3, -0.25) is 29.5 Å². The lowest BCUT2D eigenvalue weighted by Gasteiger charge is -2.15. The number of aromatic nitrogens is 7. The first-order valence-electron chi connectivity index (χ1n) is 16.6. The van der Waals surface area contributed by atoms with Crippen LogP contribution in [0.1, 0.15) is 33.8 Å². The highest BCUT2D eigenvalue weighted by molar-refractivity contribution is 6.29. The number of amides is 2. The summed E-state index contributed by atoms with van der Waals surface area (Å²) in [6.45, 7) is 1.48. The first kappa shape index (κ1) is 36.4. The number of halogens is 4. The van der Waals surface area contributed by atoms with Crippen molar-refractivity contribution >= 4 is 45.5 Å². The number of ether oxygens (including phenoxy) is 1. The van der Waals surface area contributed by atoms with E-state index < -0.39 is 18.6 Å². The summed E-state index contributed by atoms with van der Waals surface area (Å²) < 4.78 is 41.6. The van der Waals surface area contributed by atoms with Crippen LogP contribution < -0.4 is 4.74 Å². The van der Waals surface area contributed by atoms with Gasteiger partial charge in [-0.1, -0.05) is 23.7 Å². The Bertz CT molecular complexity index is 2350. The molecule has 0 spiro atoms. The van der Waals surface area contributed by atoms with Crippen LogP contribution in [0, 0.1) is 0 Å². The average molecular weight is 760 g/mol. The van der Waals surface area contributed by atoms with Crippen molar-refractivity contribution in [2.75, 3.05) is 26.2 Å². The molecule has 0 aliphatic carbocycles. The second-order valence-corrected chi connectivity index (χ2v) is 12.8. The van der Waals surface area contributed by atoms with Gasteiger partial charge in [0.05, 0.1) is 37.0 Å². The third kappa shape index (κ3) is 8.17. The number of likely N-dealkylation sites (tertiary alicyclic amines) is 2. The molecule has 7 heterocycles. The second-order valence-electron chi connectivity index (χ2n) is 12.5. The van der Waals surface area contributed by atoms with E-state index in [4.69, 9.17) is 11.6 Å². The first-order chi connectivity index (χ1) is 25.9. The van der Waals surface area contributed by atoms with Crippen LogP contribution in [0.5, 0.6) is 5.75 Å². The van der Waals surface area contributed by atoms with Crippen LogP contribution in [0.25, 0.3) is 44.3 Å². The Morgan fingerprint density at radius 3 is 1.76 bits per heavy atom. The molecular formula is C36H29ClF3N9O5. The Balaban J connectivity index is 0.000000168. The Morgan fingerprint density at radius 2 is 1.28 bits per heavy atom. The lowest BCUT2D eigenvalue weighted by molar-refractivity contribution is -0.274. The topological polar surface area (TPSA) is 181 Å². The van der Waals surface area contributed by atoms with Crippen molar-refractivity contribution in [2.24, 2.45) is 0 Å². The molecule has 1 aromatic carbocycles. The molecule has 276 valence electrons. The van der Waals surface area contributed by atoms with Crippen LogP contribution in [-0.2, 0) is 0 Å². The molecule has 2 atom stereocenters. The first-order valence-corrected chi connectivity index (χ1v) is 16.9. The van der Waals surface area contributed by atoms with E-state index in [1.165, 1.54) is 47.9 Å². The lowest BCUT2D eigenvalue weighted by atomic mass is 10.1. The van der Waals surface area contributed by atoms with Gasteiger partial charge >= 0.3 is 6.36 Å². The molecule has 2 aliphatic rings. The predicted molar refractivity (Wildman–Crippen MR) is 188 cm³/mol. The molecule has 2 saturated heterocycles. The minimum absolute atomic E-state index is 0.0850. The van der Waals surface area contributed by atoms with Crippen molar-refractivity contribution in [3.8, 4) is 28.0 Å². The summed E-state index contributed by atoms with van der Waals surface area (Å²) in [6.07, 6.45) is 5.78. The summed E-state index contributed by atoms with van der Waals surface area (Å²) >= 11 is 5.84. The van der Waals surface area contributed by atoms with Crippen molar-refractivity contribution in [2.45, 2.75) is 31.4 Å². The number of carbonyl (C=O) groups excluding carboxylic acids is 2. The number of hydrogen-bond acceptors (Lipinski definition) is 12. The molecule has 54 heavy (non-hydrogen) atoms. The summed E-state index contributed by atoms with van der Waals surface area (Å²) in [5.41, 5.74) is 4.53. The monoisotopic (exact) mass is 759 g/mol. The predicted octanol–water partition coefficient (Wildman–Crippen LogP) is 4.74. The number of nitrogens with zero attached hydrogens (tertiary/aromatic N) is 9. The number of fused-ring (bicyclic) bond motifs is 2. The van der Waals surface area contributed by atoms with Crippen molar-refractivity contribution < 1.29 is 37.7 Å². The van der Waals surface area contributed by atoms with E-state index in [-0.39, 0.29) is 35.5 Å². The standard InChI is InChI=1S/C19H15F3N4O3.C17H14ClN5O2/c20-19(21,22)29-13-3-1-2-11(6-13)14-7-23-8-15-17(14)25-16(9-24-15)18(28)26-5-4-12(27)10-26;18-15-2-1-10(5-21-15)12-6-19-7-13-16(12)22-14(8-20-13)17(25)23-4-3-11(24)9-23/h1-3,6-9,12,27H,4-5,10H2;1-2,5-8,11,24H,3-4,9H2. The molecule has 0 saturated carbocycles. The van der Waals surface area contributed by atoms with Crippen molar-refractivity contribution in [1.29, 1.82) is 0 Å². The van der Waals surface area contributed by atoms with Gasteiger partial charge in [0.2, 0.25) is 0 Å². The molecule has 5 aromatic heterocycles. The van der Waals surface area contributed by atoms with Crippen molar-refractivity contribution in [3.05, 3.63) is 96.3 Å². The summed E-state index contributed by atoms with van der Waals surface area (Å²) in [5, 5.41) is 19.7. The zero-order valence-corrected chi connectivity index (χ0v) is 28.8. The highest BCUT2D eigenvalue weighted by atomic mass is 35.5. The van der Waals surface area contributed by atoms with E-state index in [1.807, 2.05) is 6.07 Å². The summed E-state index contributed by atoms with van der Waals surface area (Å²) in [4.78, 5) is 58.1. The van der Waals surface area contributed by atoms with Gasteiger partial charge in [-0.15, -0.1) is 13.2 Å². The number of aliphatic hydroxyl groups is 2. The van der Waals surface area contributed by atoms with E-state index in [1.54, 1.807) is 35.6 Å². The molecule has 2 amide bonds. The number of hydrogen-bond donors (Lipinski definition) is 2. The fourth-order valence-electron chi connectivity index (χ4n) is 6.07. The molecule has 6 aromatic rings. The van der Waals surface area contributed by atoms with Crippen LogP contribution in [0.3, 0.4) is 0 Å². The minimum Gasteiger partial charge on any atom is -0.406 e. The lowest BCUT2D eigenvalue weighted by Crippen LogP contribution is -2.30. The van der Waals surface area contributed by atoms with Crippen molar-refractivity contribution in [1.82, 2.24) is 44.7 Å². The maximum absolute atomic E-state index is 12.6. The second kappa shape index (κ2) is 15.2. The fraction of sp³-hybridized carbons (Fsp3) is 0.250. The molecule has 8 rings (SSSR count). The Hall–Kier alpha value is -5.91. The quantitative estimate of drug-likeness (QED) is 0.231. The van der Waals surface area contributed by atoms with Gasteiger partial charge in [-0.2, -0.15) is 0 Å². The molecular weight excluding hydrogens is 731 g/mol. The van der Waals surface area contributed by atoms with Crippen molar-refractivity contribution in [3.63, 3.8) is 0 Å². The van der Waals surface area contributed by atoms with Crippen LogP contribution in [0.4, 0.5) is 13.2 Å². The van der Waals surface area contributed by atoms with Crippen LogP contribution in [0.2, 0.25) is 5.15 Å². The average Bonchev–Trinajstić information content (AvgIpc) is 3.81. The fourth-order valence-corrected chi connectivity index (χ4v) is 6.18. The molecule has 0 bridgehead atoms. The van der Waals surface area contributed by atoms with Crippen LogP contribution in [0.15, 0.2) is 79.8 Å². The van der Waals surface area contributed by atoms with Gasteiger partial charge in [0.1, 0.15) is 44.4 Å². The summed E-state index contributed by atoms with van der Waals surface area (Å²) in [5.74, 6) is -0.978. The number of benzene rings is 1. The third-order valence-electron chi connectivity index (χ3n) is 8.67. The van der Waals surface area contributed by atoms with Gasteiger partial charge in [-0.05, 0) is 42.7 Å². The van der Waals surface area contributed by atoms with Crippen LogP contribution in [-0.4, -0.2) is 111 Å². The molecule has 2 unspecified atom stereocenters. The maximum atomic E-state index is 12.6. The third-order valence-corrected chi connectivity index (χ3v) is 8.89. The number of alkyl halides is 3. The van der Waals surface area contributed by atoms with E-state index in [0.717, 1.165) is 11.1 Å². The van der Waals surface area contributed by atoms with Crippen LogP contribution >= 0.6 is 11.6 Å². The minimum atomic E-state index is -4.81. The number of rotatable bonds is 5. The largest absolute Gasteiger partial charge is 0.573 e. The van der Waals surface area contributed by atoms with E-state index in [9.17, 15) is 33.0 Å². The zero-order chi connectivity index (χ0) is 38.0. The highest BCUT2D eigenvalue weighted by Crippen LogP contribution is 2.31. The van der Waals surface area contributed by atoms with Gasteiger partial charge in [0, 0.05) is 61.5 Å². The molecule has 2 fully saturated rings. The molecule has 0 radical (unpaired) electrons. The number of pyridine rings is 3. The zero-order valence-electron chi connectivity index (χ0n) is 28.1. The molecule has 2 aliphatic heterocycles. The number of aliphatic hydroxyl groups excluding tert-OH is 2. The summed E-state index contributed by atoms with van der Waals surface area (Å²) in [6, 6.07) is 8.92. The Kier molecular flexibility index (Phi) is 10.3. The van der Waals surface area contributed by atoms with E-state index in [0.29, 0.717) is 70.8 Å². The van der Waals surface area contributed by atoms with Gasteiger partial charge < -0.3 is 24.7 Å². The number of carbonyl (C=O) groups is 2. The Morgan fingerprint density at radius 1 is 0.722 bits per heavy atom. The highest BCUT2D eigenvalue weighted by Gasteiger charge is 2.31. The molecule has 2 N–H and O–H groups in total. The maximum Gasteiger partial charge on any atom is 0.573 e. The normalized spacial score (nSPS) is 17.1. The number of β-amino-alcohol motifs (C(OH)–C–C–N with tert-alkyl or cyclic N) is 2. The SMILES string of the molecule is O=C(c1cnc2cncc(-c3ccc(Cl)nc3)c2n1)N1CCC(O)C1.O=C(c1cnc2cncc(-c3cccc(OC(F)(F)F)c3)c2n1)N1CCC(O)C1. The van der Waals surface area contributed by atoms with Gasteiger partial charge in [0.25, 0.3) is 11.8 Å². The smallest absolute Gasteiger partial charge is 0.406 e. The molecule has 14 nitrogen and oxygen atoms in total. The van der Waals surface area contributed by atoms with E-state index >= 15 is 0 Å². The van der Waals surface area contributed by atoms with Gasteiger partial charge in [0.15, 0.2) is 0 Å². The summed E-state index contributed by atoms with van der Waals surface area (Å²) in [7, 11) is 0.